The molecule has 29 heavy (non-hydrogen) atoms. The highest BCUT2D eigenvalue weighted by Gasteiger charge is 2.34. The van der Waals surface area contributed by atoms with E-state index in [-0.39, 0.29) is 17.7 Å². The molecule has 0 saturated carbocycles. The van der Waals surface area contributed by atoms with E-state index in [1.165, 1.54) is 0 Å². The number of carbonyl (C=O) groups excluding carboxylic acids is 2. The van der Waals surface area contributed by atoms with Crippen LogP contribution in [0.5, 0.6) is 0 Å². The first-order valence-corrected chi connectivity index (χ1v) is 11.3. The van der Waals surface area contributed by atoms with Gasteiger partial charge in [0.1, 0.15) is 0 Å². The number of carbonyl (C=O) groups is 2. The van der Waals surface area contributed by atoms with E-state index in [0.29, 0.717) is 19.4 Å². The number of rotatable bonds is 6. The minimum Gasteiger partial charge on any atom is -0.388 e. The molecule has 3 heterocycles. The number of nitrogens with zero attached hydrogens (tertiary/aromatic N) is 4. The summed E-state index contributed by atoms with van der Waals surface area (Å²) in [6, 6.07) is 0. The van der Waals surface area contributed by atoms with Crippen LogP contribution in [0.25, 0.3) is 0 Å². The van der Waals surface area contributed by atoms with E-state index in [4.69, 9.17) is 5.73 Å². The third kappa shape index (κ3) is 6.64. The Bertz CT molecular complexity index is 559. The molecule has 3 aliphatic heterocycles. The van der Waals surface area contributed by atoms with Gasteiger partial charge in [0, 0.05) is 64.7 Å². The Hall–Kier alpha value is -1.22. The maximum atomic E-state index is 12.7. The lowest BCUT2D eigenvalue weighted by Crippen LogP contribution is -2.51. The summed E-state index contributed by atoms with van der Waals surface area (Å²) in [4.78, 5) is 32.9. The van der Waals surface area contributed by atoms with Crippen molar-refractivity contribution in [2.24, 2.45) is 11.7 Å². The molecule has 3 N–H and O–H groups in total. The number of amides is 2. The highest BCUT2D eigenvalue weighted by atomic mass is 16.3. The molecule has 3 saturated heterocycles. The number of piperazine rings is 1. The van der Waals surface area contributed by atoms with Gasteiger partial charge in [-0.05, 0) is 52.2 Å². The molecular formula is C21H39N5O3. The fourth-order valence-electron chi connectivity index (χ4n) is 4.86. The van der Waals surface area contributed by atoms with E-state index < -0.39 is 5.60 Å². The van der Waals surface area contributed by atoms with Gasteiger partial charge >= 0.3 is 0 Å². The predicted octanol–water partition coefficient (Wildman–Crippen LogP) is -0.435. The summed E-state index contributed by atoms with van der Waals surface area (Å²) in [5, 5.41) is 11.1. The predicted molar refractivity (Wildman–Crippen MR) is 112 cm³/mol. The van der Waals surface area contributed by atoms with Gasteiger partial charge in [0.05, 0.1) is 5.60 Å². The van der Waals surface area contributed by atoms with Gasteiger partial charge in [-0.1, -0.05) is 0 Å². The molecule has 3 rings (SSSR count). The number of likely N-dealkylation sites (N-methyl/N-ethyl adjacent to an activating group) is 1. The van der Waals surface area contributed by atoms with Crippen LogP contribution < -0.4 is 5.73 Å². The molecule has 8 nitrogen and oxygen atoms in total. The van der Waals surface area contributed by atoms with Crippen LogP contribution in [-0.2, 0) is 9.59 Å². The SMILES string of the molecule is CN1CCN(C[C@]2(O)CCCN(C(=O)CCN3CCC(C(N)=O)CC3)CC2)CC1. The lowest BCUT2D eigenvalue weighted by Gasteiger charge is -2.38. The number of aliphatic hydroxyl groups is 1. The van der Waals surface area contributed by atoms with Crippen molar-refractivity contribution in [1.82, 2.24) is 19.6 Å². The molecule has 3 aliphatic rings. The van der Waals surface area contributed by atoms with Gasteiger partial charge in [-0.3, -0.25) is 14.5 Å². The van der Waals surface area contributed by atoms with Gasteiger partial charge in [-0.25, -0.2) is 0 Å². The second-order valence-electron chi connectivity index (χ2n) is 9.31. The maximum Gasteiger partial charge on any atom is 0.223 e. The third-order valence-corrected chi connectivity index (χ3v) is 7.02. The van der Waals surface area contributed by atoms with Crippen LogP contribution >= 0.6 is 0 Å². The van der Waals surface area contributed by atoms with Gasteiger partial charge < -0.3 is 25.5 Å². The molecular weight excluding hydrogens is 370 g/mol. The van der Waals surface area contributed by atoms with Crippen molar-refractivity contribution in [1.29, 1.82) is 0 Å². The number of β-amino-alcohol motifs (C(OH)–C–C–N with tert-alkyl or cyclic N) is 1. The van der Waals surface area contributed by atoms with Gasteiger partial charge in [0.25, 0.3) is 0 Å². The Morgan fingerprint density at radius 3 is 2.31 bits per heavy atom. The van der Waals surface area contributed by atoms with E-state index >= 15 is 0 Å². The third-order valence-electron chi connectivity index (χ3n) is 7.02. The lowest BCUT2D eigenvalue weighted by molar-refractivity contribution is -0.132. The van der Waals surface area contributed by atoms with Gasteiger partial charge in [-0.15, -0.1) is 0 Å². The first-order chi connectivity index (χ1) is 13.8. The standard InChI is InChI=1S/C21H39N5O3/c1-23-13-15-25(16-14-23)17-21(29)6-2-8-26(12-7-21)19(27)5-11-24-9-3-18(4-10-24)20(22)28/h18,29H,2-17H2,1H3,(H2,22,28)/t21-/m0/s1. The van der Waals surface area contributed by atoms with Crippen LogP contribution in [0.3, 0.4) is 0 Å². The van der Waals surface area contributed by atoms with Crippen LogP contribution in [0.4, 0.5) is 0 Å². The minimum absolute atomic E-state index is 0.00876. The van der Waals surface area contributed by atoms with Crippen LogP contribution in [-0.4, -0.2) is 115 Å². The van der Waals surface area contributed by atoms with Gasteiger partial charge in [0.15, 0.2) is 0 Å². The summed E-state index contributed by atoms with van der Waals surface area (Å²) in [6.07, 6.45) is 4.40. The van der Waals surface area contributed by atoms with Crippen LogP contribution in [0.15, 0.2) is 0 Å². The van der Waals surface area contributed by atoms with Crippen molar-refractivity contribution in [2.45, 2.75) is 44.1 Å². The largest absolute Gasteiger partial charge is 0.388 e. The monoisotopic (exact) mass is 409 g/mol. The van der Waals surface area contributed by atoms with Crippen molar-refractivity contribution in [3.63, 3.8) is 0 Å². The van der Waals surface area contributed by atoms with E-state index in [1.807, 2.05) is 4.90 Å². The molecule has 0 bridgehead atoms. The van der Waals surface area contributed by atoms with Crippen molar-refractivity contribution in [2.75, 3.05) is 72.5 Å². The summed E-state index contributed by atoms with van der Waals surface area (Å²) in [5.41, 5.74) is 4.71. The Balaban J connectivity index is 1.39. The molecule has 0 aromatic carbocycles. The van der Waals surface area contributed by atoms with Crippen molar-refractivity contribution < 1.29 is 14.7 Å². The molecule has 0 radical (unpaired) electrons. The molecule has 3 fully saturated rings. The molecule has 2 amide bonds. The van der Waals surface area contributed by atoms with Crippen molar-refractivity contribution in [3.8, 4) is 0 Å². The fourth-order valence-corrected chi connectivity index (χ4v) is 4.86. The molecule has 8 heteroatoms. The number of hydrogen-bond acceptors (Lipinski definition) is 6. The van der Waals surface area contributed by atoms with Gasteiger partial charge in [0.2, 0.25) is 11.8 Å². The quantitative estimate of drug-likeness (QED) is 0.618. The number of likely N-dealkylation sites (tertiary alicyclic amines) is 2. The van der Waals surface area contributed by atoms with Crippen LogP contribution in [0.1, 0.15) is 38.5 Å². The van der Waals surface area contributed by atoms with E-state index in [2.05, 4.69) is 21.7 Å². The van der Waals surface area contributed by atoms with Gasteiger partial charge in [-0.2, -0.15) is 0 Å². The summed E-state index contributed by atoms with van der Waals surface area (Å²) in [7, 11) is 2.14. The van der Waals surface area contributed by atoms with E-state index in [1.54, 1.807) is 0 Å². The summed E-state index contributed by atoms with van der Waals surface area (Å²) in [5.74, 6) is -0.0224. The average molecular weight is 410 g/mol. The zero-order valence-electron chi connectivity index (χ0n) is 18.0. The summed E-state index contributed by atoms with van der Waals surface area (Å²) >= 11 is 0. The molecule has 0 spiro atoms. The Morgan fingerprint density at radius 1 is 0.966 bits per heavy atom. The number of nitrogens with two attached hydrogens (primary N) is 1. The first kappa shape index (κ1) is 22.5. The summed E-state index contributed by atoms with van der Waals surface area (Å²) < 4.78 is 0. The number of hydrogen-bond donors (Lipinski definition) is 2. The Morgan fingerprint density at radius 2 is 1.66 bits per heavy atom. The minimum atomic E-state index is -0.679. The fraction of sp³-hybridized carbons (Fsp3) is 0.905. The Labute approximate surface area is 175 Å². The van der Waals surface area contributed by atoms with Crippen molar-refractivity contribution >= 4 is 11.8 Å². The molecule has 0 unspecified atom stereocenters. The Kier molecular flexibility index (Phi) is 7.90. The maximum absolute atomic E-state index is 12.7. The zero-order valence-corrected chi connectivity index (χ0v) is 18.0. The molecule has 166 valence electrons. The highest BCUT2D eigenvalue weighted by molar-refractivity contribution is 5.77. The zero-order chi connectivity index (χ0) is 20.9. The van der Waals surface area contributed by atoms with Crippen molar-refractivity contribution in [3.05, 3.63) is 0 Å². The van der Waals surface area contributed by atoms with Crippen LogP contribution in [0, 0.1) is 5.92 Å². The van der Waals surface area contributed by atoms with E-state index in [9.17, 15) is 14.7 Å². The lowest BCUT2D eigenvalue weighted by atomic mass is 9.94. The highest BCUT2D eigenvalue weighted by Crippen LogP contribution is 2.25. The summed E-state index contributed by atoms with van der Waals surface area (Å²) in [6.45, 7) is 8.65. The topological polar surface area (TPSA) is 93.3 Å². The smallest absolute Gasteiger partial charge is 0.223 e. The molecule has 0 aromatic rings. The first-order valence-electron chi connectivity index (χ1n) is 11.3. The average Bonchev–Trinajstić information content (AvgIpc) is 2.90. The number of primary amides is 1. The molecule has 0 aliphatic carbocycles. The van der Waals surface area contributed by atoms with Crippen LogP contribution in [0.2, 0.25) is 0 Å². The molecule has 1 atom stereocenters. The second-order valence-corrected chi connectivity index (χ2v) is 9.31. The second kappa shape index (κ2) is 10.2. The normalized spacial score (nSPS) is 29.0. The molecule has 0 aromatic heterocycles. The number of piperidine rings is 1. The van der Waals surface area contributed by atoms with E-state index in [0.717, 1.165) is 84.6 Å².